The molecule has 0 radical (unpaired) electrons. The molecule has 0 fully saturated rings. The first-order valence-electron chi connectivity index (χ1n) is 4.69. The molecule has 0 unspecified atom stereocenters. The van der Waals surface area contributed by atoms with Crippen LogP contribution in [0.15, 0.2) is 41.8 Å². The Kier molecular flexibility index (Phi) is 3.26. The predicted octanol–water partition coefficient (Wildman–Crippen LogP) is 2.23. The summed E-state index contributed by atoms with van der Waals surface area (Å²) in [4.78, 5) is 5.52. The smallest absolute Gasteiger partial charge is 0.107 e. The molecule has 16 heavy (non-hydrogen) atoms. The average Bonchev–Trinajstić information content (AvgIpc) is 2.81. The molecular weight excluding hydrogens is 238 g/mol. The van der Waals surface area contributed by atoms with Gasteiger partial charge in [-0.25, -0.2) is 4.98 Å². The molecule has 82 valence electrons. The molecule has 0 aliphatic carbocycles. The number of nitrogens with zero attached hydrogens (tertiary/aromatic N) is 2. The van der Waals surface area contributed by atoms with Crippen molar-refractivity contribution in [2.45, 2.75) is 4.90 Å². The fraction of sp³-hybridized carbons (Fsp3) is 0.0909. The summed E-state index contributed by atoms with van der Waals surface area (Å²) < 4.78 is 1.91. The highest BCUT2D eigenvalue weighted by Gasteiger charge is 2.11. The van der Waals surface area contributed by atoms with Crippen molar-refractivity contribution < 1.29 is 0 Å². The van der Waals surface area contributed by atoms with Crippen LogP contribution in [0.25, 0.3) is 5.69 Å². The molecule has 0 atom stereocenters. The predicted molar refractivity (Wildman–Crippen MR) is 71.2 cm³/mol. The lowest BCUT2D eigenvalue weighted by atomic mass is 10.1. The fourth-order valence-corrected chi connectivity index (χ4v) is 2.47. The van der Waals surface area contributed by atoms with Gasteiger partial charge in [-0.3, -0.25) is 0 Å². The van der Waals surface area contributed by atoms with E-state index in [1.807, 2.05) is 35.2 Å². The first kappa shape index (κ1) is 11.2. The van der Waals surface area contributed by atoms with Gasteiger partial charge in [-0.05, 0) is 18.4 Å². The highest BCUT2D eigenvalue weighted by Crippen LogP contribution is 2.25. The zero-order valence-electron chi connectivity index (χ0n) is 8.75. The third kappa shape index (κ3) is 1.96. The quantitative estimate of drug-likeness (QED) is 0.669. The lowest BCUT2D eigenvalue weighted by Crippen LogP contribution is -2.14. The summed E-state index contributed by atoms with van der Waals surface area (Å²) in [5.41, 5.74) is 7.66. The van der Waals surface area contributed by atoms with Gasteiger partial charge in [-0.2, -0.15) is 0 Å². The first-order chi connectivity index (χ1) is 7.74. The molecule has 0 saturated carbocycles. The van der Waals surface area contributed by atoms with Crippen LogP contribution in [0.4, 0.5) is 0 Å². The number of thioether (sulfide) groups is 1. The van der Waals surface area contributed by atoms with E-state index in [0.29, 0.717) is 4.99 Å². The Morgan fingerprint density at radius 2 is 2.31 bits per heavy atom. The summed E-state index contributed by atoms with van der Waals surface area (Å²) in [5.74, 6) is 0. The van der Waals surface area contributed by atoms with E-state index in [-0.39, 0.29) is 0 Å². The van der Waals surface area contributed by atoms with Crippen LogP contribution >= 0.6 is 24.0 Å². The van der Waals surface area contributed by atoms with Gasteiger partial charge in [-0.15, -0.1) is 11.8 Å². The molecule has 1 aromatic carbocycles. The van der Waals surface area contributed by atoms with Crippen molar-refractivity contribution in [3.8, 4) is 5.69 Å². The van der Waals surface area contributed by atoms with Crippen molar-refractivity contribution >= 4 is 29.0 Å². The SMILES string of the molecule is CSc1cccc(-n2ccnc2)c1C(N)=S. The van der Waals surface area contributed by atoms with Crippen LogP contribution in [0.2, 0.25) is 0 Å². The third-order valence-electron chi connectivity index (χ3n) is 2.25. The molecule has 0 aliphatic rings. The van der Waals surface area contributed by atoms with E-state index in [9.17, 15) is 0 Å². The highest BCUT2D eigenvalue weighted by molar-refractivity contribution is 7.98. The van der Waals surface area contributed by atoms with Gasteiger partial charge in [0, 0.05) is 22.9 Å². The van der Waals surface area contributed by atoms with Crippen molar-refractivity contribution in [3.05, 3.63) is 42.5 Å². The highest BCUT2D eigenvalue weighted by atomic mass is 32.2. The third-order valence-corrected chi connectivity index (χ3v) is 3.24. The van der Waals surface area contributed by atoms with E-state index in [1.54, 1.807) is 24.3 Å². The van der Waals surface area contributed by atoms with Gasteiger partial charge < -0.3 is 10.3 Å². The number of aromatic nitrogens is 2. The maximum Gasteiger partial charge on any atom is 0.107 e. The van der Waals surface area contributed by atoms with Crippen LogP contribution in [0.5, 0.6) is 0 Å². The van der Waals surface area contributed by atoms with Crippen molar-refractivity contribution in [1.82, 2.24) is 9.55 Å². The Morgan fingerprint density at radius 1 is 1.50 bits per heavy atom. The molecular formula is C11H11N3S2. The molecule has 0 spiro atoms. The van der Waals surface area contributed by atoms with Gasteiger partial charge in [0.05, 0.1) is 12.0 Å². The Bertz CT molecular complexity index is 506. The second-order valence-corrected chi connectivity index (χ2v) is 4.48. The van der Waals surface area contributed by atoms with Crippen molar-refractivity contribution in [2.75, 3.05) is 6.26 Å². The molecule has 0 aliphatic heterocycles. The largest absolute Gasteiger partial charge is 0.389 e. The molecule has 1 heterocycles. The van der Waals surface area contributed by atoms with Crippen molar-refractivity contribution in [2.24, 2.45) is 5.73 Å². The lowest BCUT2D eigenvalue weighted by Gasteiger charge is -2.12. The molecule has 2 rings (SSSR count). The Hall–Kier alpha value is -1.33. The van der Waals surface area contributed by atoms with E-state index in [4.69, 9.17) is 18.0 Å². The second kappa shape index (κ2) is 4.67. The molecule has 0 bridgehead atoms. The monoisotopic (exact) mass is 249 g/mol. The summed E-state index contributed by atoms with van der Waals surface area (Å²) in [6, 6.07) is 5.98. The van der Waals surface area contributed by atoms with Gasteiger partial charge in [0.25, 0.3) is 0 Å². The van der Waals surface area contributed by atoms with Gasteiger partial charge in [-0.1, -0.05) is 18.3 Å². The average molecular weight is 249 g/mol. The number of thiocarbonyl (C=S) groups is 1. The summed E-state index contributed by atoms with van der Waals surface area (Å²) in [5, 5.41) is 0. The van der Waals surface area contributed by atoms with Crippen molar-refractivity contribution in [3.63, 3.8) is 0 Å². The zero-order chi connectivity index (χ0) is 11.5. The Morgan fingerprint density at radius 3 is 2.88 bits per heavy atom. The maximum absolute atomic E-state index is 5.78. The standard InChI is InChI=1S/C11H11N3S2/c1-16-9-4-2-3-8(10(9)11(12)15)14-6-5-13-7-14/h2-7H,1H3,(H2,12,15). The van der Waals surface area contributed by atoms with Crippen LogP contribution < -0.4 is 5.73 Å². The Balaban J connectivity index is 2.65. The van der Waals surface area contributed by atoms with E-state index < -0.39 is 0 Å². The minimum Gasteiger partial charge on any atom is -0.389 e. The number of rotatable bonds is 3. The van der Waals surface area contributed by atoms with Gasteiger partial charge in [0.15, 0.2) is 0 Å². The molecule has 5 heteroatoms. The summed E-state index contributed by atoms with van der Waals surface area (Å²) in [7, 11) is 0. The van der Waals surface area contributed by atoms with Crippen molar-refractivity contribution in [1.29, 1.82) is 0 Å². The zero-order valence-corrected chi connectivity index (χ0v) is 10.4. The second-order valence-electron chi connectivity index (χ2n) is 3.19. The number of imidazole rings is 1. The molecule has 1 aromatic heterocycles. The minimum atomic E-state index is 0.411. The molecule has 0 amide bonds. The number of nitrogens with two attached hydrogens (primary N) is 1. The van der Waals surface area contributed by atoms with Crippen LogP contribution in [0.3, 0.4) is 0 Å². The van der Waals surface area contributed by atoms with E-state index >= 15 is 0 Å². The van der Waals surface area contributed by atoms with Crippen LogP contribution in [0, 0.1) is 0 Å². The summed E-state index contributed by atoms with van der Waals surface area (Å²) in [6.45, 7) is 0. The number of hydrogen-bond acceptors (Lipinski definition) is 3. The van der Waals surface area contributed by atoms with Crippen LogP contribution in [-0.4, -0.2) is 20.8 Å². The molecule has 2 aromatic rings. The Labute approximate surface area is 104 Å². The summed E-state index contributed by atoms with van der Waals surface area (Å²) >= 11 is 6.74. The van der Waals surface area contributed by atoms with Crippen LogP contribution in [0.1, 0.15) is 5.56 Å². The summed E-state index contributed by atoms with van der Waals surface area (Å²) in [6.07, 6.45) is 7.35. The number of benzene rings is 1. The molecule has 3 nitrogen and oxygen atoms in total. The number of hydrogen-bond donors (Lipinski definition) is 1. The topological polar surface area (TPSA) is 43.8 Å². The fourth-order valence-electron chi connectivity index (χ4n) is 1.55. The minimum absolute atomic E-state index is 0.411. The van der Waals surface area contributed by atoms with Crippen LogP contribution in [-0.2, 0) is 0 Å². The van der Waals surface area contributed by atoms with E-state index in [1.165, 1.54) is 0 Å². The molecule has 0 saturated heterocycles. The maximum atomic E-state index is 5.78. The lowest BCUT2D eigenvalue weighted by molar-refractivity contribution is 1.04. The normalized spacial score (nSPS) is 10.3. The molecule has 2 N–H and O–H groups in total. The van der Waals surface area contributed by atoms with E-state index in [2.05, 4.69) is 4.98 Å². The first-order valence-corrected chi connectivity index (χ1v) is 6.32. The van der Waals surface area contributed by atoms with Gasteiger partial charge >= 0.3 is 0 Å². The van der Waals surface area contributed by atoms with Gasteiger partial charge in [0.2, 0.25) is 0 Å². The van der Waals surface area contributed by atoms with Gasteiger partial charge in [0.1, 0.15) is 4.99 Å². The van der Waals surface area contributed by atoms with E-state index in [0.717, 1.165) is 16.1 Å².